The minimum absolute atomic E-state index is 0.184. The Balaban J connectivity index is 1.75. The van der Waals surface area contributed by atoms with Crippen LogP contribution < -0.4 is 10.2 Å². The van der Waals surface area contributed by atoms with E-state index >= 15 is 0 Å². The van der Waals surface area contributed by atoms with E-state index in [1.807, 2.05) is 6.07 Å². The van der Waals surface area contributed by atoms with Crippen molar-refractivity contribution in [1.82, 2.24) is 15.2 Å². The summed E-state index contributed by atoms with van der Waals surface area (Å²) in [7, 11) is -3.65. The van der Waals surface area contributed by atoms with Crippen LogP contribution in [0, 0.1) is 0 Å². The molecule has 132 valence electrons. The van der Waals surface area contributed by atoms with E-state index in [4.69, 9.17) is 5.21 Å². The lowest BCUT2D eigenvalue weighted by molar-refractivity contribution is -0.124. The molecule has 1 aliphatic carbocycles. The van der Waals surface area contributed by atoms with Gasteiger partial charge >= 0.3 is 0 Å². The van der Waals surface area contributed by atoms with E-state index in [0.717, 1.165) is 11.0 Å². The highest BCUT2D eigenvalue weighted by molar-refractivity contribution is 7.89. The van der Waals surface area contributed by atoms with E-state index in [9.17, 15) is 13.2 Å². The van der Waals surface area contributed by atoms with Gasteiger partial charge in [0.15, 0.2) is 0 Å². The number of aromatic nitrogens is 1. The first kappa shape index (κ1) is 17.5. The molecule has 1 heterocycles. The molecule has 7 nitrogen and oxygen atoms in total. The Bertz CT molecular complexity index is 909. The molecule has 3 N–H and O–H groups in total. The number of carbonyl (C=O) groups excluding carboxylic acids is 1. The number of hydrogen-bond acceptors (Lipinski definition) is 5. The zero-order valence-corrected chi connectivity index (χ0v) is 14.3. The van der Waals surface area contributed by atoms with E-state index in [-0.39, 0.29) is 10.9 Å². The van der Waals surface area contributed by atoms with Crippen molar-refractivity contribution in [2.75, 3.05) is 0 Å². The minimum Gasteiger partial charge on any atom is -0.288 e. The Hall–Kier alpha value is -2.29. The number of benzene rings is 1. The lowest BCUT2D eigenvalue weighted by atomic mass is 9.91. The van der Waals surface area contributed by atoms with Gasteiger partial charge in [-0.25, -0.2) is 18.6 Å². The van der Waals surface area contributed by atoms with Crippen LogP contribution >= 0.6 is 0 Å². The predicted octanol–water partition coefficient (Wildman–Crippen LogP) is 1.89. The summed E-state index contributed by atoms with van der Waals surface area (Å²) in [5, 5.41) is 9.95. The third kappa shape index (κ3) is 4.04. The zero-order valence-electron chi connectivity index (χ0n) is 13.5. The summed E-state index contributed by atoms with van der Waals surface area (Å²) < 4.78 is 28.3. The highest BCUT2D eigenvalue weighted by Crippen LogP contribution is 2.26. The van der Waals surface area contributed by atoms with Crippen LogP contribution in [0.1, 0.15) is 25.7 Å². The number of allylic oxidation sites excluding steroid dienone is 1. The van der Waals surface area contributed by atoms with Gasteiger partial charge in [0, 0.05) is 35.3 Å². The molecule has 0 radical (unpaired) electrons. The Labute approximate surface area is 145 Å². The molecule has 3 rings (SSSR count). The first-order valence-electron chi connectivity index (χ1n) is 7.98. The summed E-state index contributed by atoms with van der Waals surface area (Å²) in [5.74, 6) is -0.557. The van der Waals surface area contributed by atoms with E-state index in [2.05, 4.69) is 9.71 Å². The van der Waals surface area contributed by atoms with Crippen molar-refractivity contribution in [2.45, 2.75) is 36.6 Å². The molecule has 0 saturated heterocycles. The van der Waals surface area contributed by atoms with Gasteiger partial charge in [0.1, 0.15) is 0 Å². The van der Waals surface area contributed by atoms with Gasteiger partial charge in [-0.05, 0) is 37.8 Å². The first-order chi connectivity index (χ1) is 12.0. The smallest absolute Gasteiger partial charge is 0.267 e. The molecule has 1 aromatic carbocycles. The highest BCUT2D eigenvalue weighted by atomic mass is 32.2. The van der Waals surface area contributed by atoms with Crippen LogP contribution in [0.2, 0.25) is 0 Å². The molecule has 0 unspecified atom stereocenters. The molecule has 25 heavy (non-hydrogen) atoms. The number of fused-ring (bicyclic) bond motifs is 1. The topological polar surface area (TPSA) is 108 Å². The summed E-state index contributed by atoms with van der Waals surface area (Å²) in [5.41, 5.74) is 2.47. The normalized spacial score (nSPS) is 18.1. The van der Waals surface area contributed by atoms with Crippen molar-refractivity contribution < 1.29 is 18.4 Å². The van der Waals surface area contributed by atoms with Gasteiger partial charge in [0.25, 0.3) is 5.91 Å². The monoisotopic (exact) mass is 361 g/mol. The van der Waals surface area contributed by atoms with Crippen molar-refractivity contribution in [3.8, 4) is 0 Å². The van der Waals surface area contributed by atoms with Crippen LogP contribution in [-0.4, -0.2) is 30.6 Å². The van der Waals surface area contributed by atoms with Gasteiger partial charge < -0.3 is 0 Å². The van der Waals surface area contributed by atoms with E-state index in [1.54, 1.807) is 36.1 Å². The molecule has 1 saturated carbocycles. The highest BCUT2D eigenvalue weighted by Gasteiger charge is 2.24. The summed E-state index contributed by atoms with van der Waals surface area (Å²) in [6.07, 6.45) is 7.01. The standard InChI is InChI=1S/C17H19N3O4S/c21-17(19-22)10-12-4-6-14(7-5-12)20-25(23,24)16-3-1-2-13-11-18-9-8-15(13)16/h1-3,8-11,14,20,22H,4-7H2,(H,19,21). The molecule has 8 heteroatoms. The quantitative estimate of drug-likeness (QED) is 0.438. The molecule has 0 spiro atoms. The first-order valence-corrected chi connectivity index (χ1v) is 9.46. The van der Waals surface area contributed by atoms with Crippen molar-refractivity contribution in [3.63, 3.8) is 0 Å². The summed E-state index contributed by atoms with van der Waals surface area (Å²) in [4.78, 5) is 15.4. The van der Waals surface area contributed by atoms with Gasteiger partial charge in [0.2, 0.25) is 10.0 Å². The maximum Gasteiger partial charge on any atom is 0.267 e. The van der Waals surface area contributed by atoms with E-state index in [0.29, 0.717) is 31.1 Å². The number of hydroxylamine groups is 1. The van der Waals surface area contributed by atoms with Crippen molar-refractivity contribution >= 4 is 26.7 Å². The van der Waals surface area contributed by atoms with E-state index in [1.165, 1.54) is 6.08 Å². The molecule has 0 atom stereocenters. The zero-order chi connectivity index (χ0) is 17.9. The number of sulfonamides is 1. The lowest BCUT2D eigenvalue weighted by Gasteiger charge is -2.25. The van der Waals surface area contributed by atoms with Gasteiger partial charge in [-0.1, -0.05) is 17.7 Å². The molecule has 1 aliphatic rings. The fourth-order valence-electron chi connectivity index (χ4n) is 3.08. The second kappa shape index (κ2) is 7.30. The number of hydrogen-bond donors (Lipinski definition) is 3. The average molecular weight is 361 g/mol. The number of nitrogens with one attached hydrogen (secondary N) is 2. The SMILES string of the molecule is O=C(C=C1CCC(NS(=O)(=O)c2cccc3cnccc23)CC1)NO. The molecular weight excluding hydrogens is 342 g/mol. The molecular formula is C17H19N3O4S. The van der Waals surface area contributed by atoms with Crippen LogP contribution in [0.25, 0.3) is 10.8 Å². The average Bonchev–Trinajstić information content (AvgIpc) is 2.62. The second-order valence-corrected chi connectivity index (χ2v) is 7.71. The number of pyridine rings is 1. The fraction of sp³-hybridized carbons (Fsp3) is 0.294. The van der Waals surface area contributed by atoms with Crippen molar-refractivity contribution in [1.29, 1.82) is 0 Å². The lowest BCUT2D eigenvalue weighted by Crippen LogP contribution is -2.36. The van der Waals surface area contributed by atoms with Gasteiger partial charge in [0.05, 0.1) is 4.90 Å². The minimum atomic E-state index is -3.65. The van der Waals surface area contributed by atoms with Crippen molar-refractivity contribution in [2.24, 2.45) is 0 Å². The summed E-state index contributed by atoms with van der Waals surface area (Å²) in [6.45, 7) is 0. The molecule has 0 bridgehead atoms. The Morgan fingerprint density at radius 2 is 2.00 bits per heavy atom. The van der Waals surface area contributed by atoms with Crippen LogP contribution in [0.15, 0.2) is 53.2 Å². The molecule has 1 aromatic heterocycles. The number of amides is 1. The van der Waals surface area contributed by atoms with Crippen LogP contribution in [0.3, 0.4) is 0 Å². The van der Waals surface area contributed by atoms with Gasteiger partial charge in [-0.15, -0.1) is 0 Å². The summed E-state index contributed by atoms with van der Waals surface area (Å²) in [6, 6.07) is 6.62. The fourth-order valence-corrected chi connectivity index (χ4v) is 4.61. The van der Waals surface area contributed by atoms with Crippen molar-refractivity contribution in [3.05, 3.63) is 48.3 Å². The van der Waals surface area contributed by atoms with E-state index < -0.39 is 15.9 Å². The maximum absolute atomic E-state index is 12.8. The molecule has 2 aromatic rings. The molecule has 0 aliphatic heterocycles. The summed E-state index contributed by atoms with van der Waals surface area (Å²) >= 11 is 0. The van der Waals surface area contributed by atoms with Gasteiger partial charge in [-0.3, -0.25) is 15.0 Å². The number of carbonyl (C=O) groups is 1. The van der Waals surface area contributed by atoms with Crippen LogP contribution in [0.4, 0.5) is 0 Å². The Morgan fingerprint density at radius 1 is 1.24 bits per heavy atom. The van der Waals surface area contributed by atoms with Gasteiger partial charge in [-0.2, -0.15) is 0 Å². The third-order valence-corrected chi connectivity index (χ3v) is 5.90. The number of rotatable bonds is 4. The third-order valence-electron chi connectivity index (χ3n) is 4.33. The number of nitrogens with zero attached hydrogens (tertiary/aromatic N) is 1. The molecule has 1 amide bonds. The molecule has 1 fully saturated rings. The maximum atomic E-state index is 12.8. The second-order valence-electron chi connectivity index (χ2n) is 6.03. The largest absolute Gasteiger partial charge is 0.288 e. The Morgan fingerprint density at radius 3 is 2.72 bits per heavy atom. The Kier molecular flexibility index (Phi) is 5.12. The van der Waals surface area contributed by atoms with Crippen LogP contribution in [0.5, 0.6) is 0 Å². The predicted molar refractivity (Wildman–Crippen MR) is 92.3 cm³/mol. The van der Waals surface area contributed by atoms with Crippen LogP contribution in [-0.2, 0) is 14.8 Å².